The molecule has 0 amide bonds. The first kappa shape index (κ1) is 10.6. The lowest BCUT2D eigenvalue weighted by atomic mass is 10.0. The highest BCUT2D eigenvalue weighted by atomic mass is 16.6. The molecule has 0 saturated heterocycles. The number of hydrogen-bond acceptors (Lipinski definition) is 4. The van der Waals surface area contributed by atoms with E-state index in [1.165, 1.54) is 18.2 Å². The molecule has 5 heteroatoms. The number of hydrogen-bond donors (Lipinski definition) is 0. The van der Waals surface area contributed by atoms with E-state index in [0.717, 1.165) is 0 Å². The third-order valence-corrected chi connectivity index (χ3v) is 1.80. The van der Waals surface area contributed by atoms with Crippen LogP contribution in [0.1, 0.15) is 12.0 Å². The lowest BCUT2D eigenvalue weighted by molar-refractivity contribution is -0.385. The van der Waals surface area contributed by atoms with Gasteiger partial charge in [-0.2, -0.15) is 5.26 Å². The first-order valence-corrected chi connectivity index (χ1v) is 4.05. The van der Waals surface area contributed by atoms with E-state index in [9.17, 15) is 14.9 Å². The van der Waals surface area contributed by atoms with Crippen molar-refractivity contribution in [2.75, 3.05) is 0 Å². The monoisotopic (exact) mass is 202 g/mol. The summed E-state index contributed by atoms with van der Waals surface area (Å²) < 4.78 is 0. The first-order chi connectivity index (χ1) is 7.20. The number of nitro benzene ring substituents is 1. The standard InChI is InChI=1S/C10H6N2O3/c11-6-5-8(7-13)9-3-1-2-4-10(9)12(14)15/h1-4H,5H2. The highest BCUT2D eigenvalue weighted by molar-refractivity contribution is 5.91. The Morgan fingerprint density at radius 3 is 2.67 bits per heavy atom. The van der Waals surface area contributed by atoms with Crippen LogP contribution < -0.4 is 0 Å². The van der Waals surface area contributed by atoms with E-state index in [1.54, 1.807) is 18.1 Å². The van der Waals surface area contributed by atoms with Crippen LogP contribution in [0.3, 0.4) is 0 Å². The Kier molecular flexibility index (Phi) is 3.33. The fraction of sp³-hybridized carbons (Fsp3) is 0.100. The lowest BCUT2D eigenvalue weighted by Gasteiger charge is -1.99. The largest absolute Gasteiger partial charge is 0.277 e. The Morgan fingerprint density at radius 1 is 1.47 bits per heavy atom. The Balaban J connectivity index is 3.31. The number of carbonyl (C=O) groups excluding carboxylic acids is 1. The van der Waals surface area contributed by atoms with E-state index in [-0.39, 0.29) is 23.2 Å². The van der Waals surface area contributed by atoms with Crippen LogP contribution in [0, 0.1) is 21.4 Å². The van der Waals surface area contributed by atoms with Crippen LogP contribution in [0.5, 0.6) is 0 Å². The van der Waals surface area contributed by atoms with Crippen molar-refractivity contribution in [2.45, 2.75) is 6.42 Å². The van der Waals surface area contributed by atoms with Gasteiger partial charge in [0.1, 0.15) is 5.94 Å². The molecule has 0 fully saturated rings. The molecule has 0 bridgehead atoms. The van der Waals surface area contributed by atoms with Gasteiger partial charge in [0.05, 0.1) is 28.5 Å². The summed E-state index contributed by atoms with van der Waals surface area (Å²) in [6.45, 7) is 0. The van der Waals surface area contributed by atoms with Gasteiger partial charge in [-0.1, -0.05) is 12.1 Å². The Bertz CT molecular complexity index is 482. The third-order valence-electron chi connectivity index (χ3n) is 1.80. The summed E-state index contributed by atoms with van der Waals surface area (Å²) in [6.07, 6.45) is -0.186. The van der Waals surface area contributed by atoms with Crippen molar-refractivity contribution >= 4 is 17.2 Å². The van der Waals surface area contributed by atoms with E-state index < -0.39 is 4.92 Å². The number of rotatable bonds is 3. The van der Waals surface area contributed by atoms with Gasteiger partial charge < -0.3 is 0 Å². The highest BCUT2D eigenvalue weighted by Crippen LogP contribution is 2.25. The molecule has 0 aliphatic carbocycles. The molecule has 1 aromatic carbocycles. The summed E-state index contributed by atoms with van der Waals surface area (Å²) in [4.78, 5) is 20.6. The minimum atomic E-state index is -0.593. The van der Waals surface area contributed by atoms with Crippen molar-refractivity contribution < 1.29 is 9.72 Å². The fourth-order valence-electron chi connectivity index (χ4n) is 1.15. The maximum atomic E-state index is 10.6. The molecule has 0 atom stereocenters. The predicted molar refractivity (Wildman–Crippen MR) is 52.4 cm³/mol. The average Bonchev–Trinajstić information content (AvgIpc) is 2.26. The summed E-state index contributed by atoms with van der Waals surface area (Å²) >= 11 is 0. The number of nitriles is 1. The zero-order chi connectivity index (χ0) is 11.3. The maximum Gasteiger partial charge on any atom is 0.277 e. The van der Waals surface area contributed by atoms with Crippen molar-refractivity contribution in [3.63, 3.8) is 0 Å². The summed E-state index contributed by atoms with van der Waals surface area (Å²) in [5, 5.41) is 19.1. The third kappa shape index (κ3) is 2.27. The zero-order valence-corrected chi connectivity index (χ0v) is 7.64. The van der Waals surface area contributed by atoms with Gasteiger partial charge in [-0.25, -0.2) is 4.79 Å². The lowest BCUT2D eigenvalue weighted by Crippen LogP contribution is -1.94. The van der Waals surface area contributed by atoms with Crippen molar-refractivity contribution in [1.82, 2.24) is 0 Å². The van der Waals surface area contributed by atoms with E-state index in [0.29, 0.717) is 0 Å². The van der Waals surface area contributed by atoms with Crippen LogP contribution in [0.15, 0.2) is 24.3 Å². The second-order valence-corrected chi connectivity index (χ2v) is 2.69. The fourth-order valence-corrected chi connectivity index (χ4v) is 1.15. The van der Waals surface area contributed by atoms with Crippen LogP contribution in [0.25, 0.3) is 5.57 Å². The molecular formula is C10H6N2O3. The number of nitro groups is 1. The quantitative estimate of drug-likeness (QED) is 0.424. The minimum Gasteiger partial charge on any atom is -0.258 e. The number of nitrogens with zero attached hydrogens (tertiary/aromatic N) is 2. The Morgan fingerprint density at radius 2 is 2.13 bits per heavy atom. The molecular weight excluding hydrogens is 196 g/mol. The molecule has 1 aromatic rings. The van der Waals surface area contributed by atoms with Crippen molar-refractivity contribution in [3.05, 3.63) is 39.9 Å². The minimum absolute atomic E-state index is 0.00444. The van der Waals surface area contributed by atoms with Gasteiger partial charge in [0.2, 0.25) is 0 Å². The second-order valence-electron chi connectivity index (χ2n) is 2.69. The molecule has 0 radical (unpaired) electrons. The number of benzene rings is 1. The van der Waals surface area contributed by atoms with Gasteiger partial charge in [0, 0.05) is 6.07 Å². The summed E-state index contributed by atoms with van der Waals surface area (Å²) in [5.41, 5.74) is -0.0325. The molecule has 0 aromatic heterocycles. The van der Waals surface area contributed by atoms with Gasteiger partial charge in [-0.15, -0.1) is 0 Å². The molecule has 0 heterocycles. The van der Waals surface area contributed by atoms with E-state index in [2.05, 4.69) is 0 Å². The van der Waals surface area contributed by atoms with Gasteiger partial charge in [-0.05, 0) is 6.07 Å². The molecule has 0 N–H and O–H groups in total. The van der Waals surface area contributed by atoms with Crippen LogP contribution in [0.2, 0.25) is 0 Å². The Labute approximate surface area is 85.4 Å². The smallest absolute Gasteiger partial charge is 0.258 e. The SMILES string of the molecule is N#CCC(=C=O)c1ccccc1[N+](=O)[O-]. The van der Waals surface area contributed by atoms with Gasteiger partial charge in [0.15, 0.2) is 0 Å². The maximum absolute atomic E-state index is 10.6. The summed E-state index contributed by atoms with van der Waals surface area (Å²) in [7, 11) is 0. The Hall–Kier alpha value is -2.44. The molecule has 74 valence electrons. The molecule has 0 unspecified atom stereocenters. The summed E-state index contributed by atoms with van der Waals surface area (Å²) in [5.74, 6) is 1.55. The van der Waals surface area contributed by atoms with E-state index >= 15 is 0 Å². The highest BCUT2D eigenvalue weighted by Gasteiger charge is 2.16. The van der Waals surface area contributed by atoms with E-state index in [4.69, 9.17) is 5.26 Å². The zero-order valence-electron chi connectivity index (χ0n) is 7.64. The molecule has 0 aliphatic rings. The van der Waals surface area contributed by atoms with Crippen LogP contribution in [-0.4, -0.2) is 10.9 Å². The first-order valence-electron chi connectivity index (χ1n) is 4.05. The molecule has 0 aliphatic heterocycles. The van der Waals surface area contributed by atoms with Crippen LogP contribution in [-0.2, 0) is 4.79 Å². The van der Waals surface area contributed by atoms with Crippen molar-refractivity contribution in [3.8, 4) is 6.07 Å². The second kappa shape index (κ2) is 4.70. The predicted octanol–water partition coefficient (Wildman–Crippen LogP) is 1.72. The topological polar surface area (TPSA) is 84.0 Å². The normalized spacial score (nSPS) is 8.73. The number of allylic oxidation sites excluding steroid dienone is 1. The molecule has 0 spiro atoms. The van der Waals surface area contributed by atoms with Crippen molar-refractivity contribution in [1.29, 1.82) is 5.26 Å². The number of para-hydroxylation sites is 1. The molecule has 0 saturated carbocycles. The van der Waals surface area contributed by atoms with Crippen LogP contribution >= 0.6 is 0 Å². The van der Waals surface area contributed by atoms with Gasteiger partial charge in [-0.3, -0.25) is 10.1 Å². The van der Waals surface area contributed by atoms with Gasteiger partial charge >= 0.3 is 0 Å². The van der Waals surface area contributed by atoms with Crippen LogP contribution in [0.4, 0.5) is 5.69 Å². The summed E-state index contributed by atoms with van der Waals surface area (Å²) in [6, 6.07) is 7.53. The van der Waals surface area contributed by atoms with Crippen molar-refractivity contribution in [2.24, 2.45) is 0 Å². The van der Waals surface area contributed by atoms with Gasteiger partial charge in [0.25, 0.3) is 5.69 Å². The average molecular weight is 202 g/mol. The molecule has 1 rings (SSSR count). The molecule has 15 heavy (non-hydrogen) atoms. The molecule has 5 nitrogen and oxygen atoms in total. The van der Waals surface area contributed by atoms with E-state index in [1.807, 2.05) is 0 Å².